The normalized spacial score (nSPS) is 21.3. The van der Waals surface area contributed by atoms with Gasteiger partial charge in [-0.25, -0.2) is 4.79 Å². The zero-order valence-electron chi connectivity index (χ0n) is 8.44. The van der Waals surface area contributed by atoms with Crippen molar-refractivity contribution in [1.29, 1.82) is 0 Å². The number of hydrogen-bond acceptors (Lipinski definition) is 2. The van der Waals surface area contributed by atoms with E-state index in [0.717, 1.165) is 23.1 Å². The molecule has 0 aromatic heterocycles. The minimum atomic E-state index is -0.254. The van der Waals surface area contributed by atoms with Crippen molar-refractivity contribution in [2.45, 2.75) is 19.4 Å². The Morgan fingerprint density at radius 3 is 2.67 bits per heavy atom. The third-order valence-corrected chi connectivity index (χ3v) is 2.95. The number of halogens is 1. The average Bonchev–Trinajstić information content (AvgIpc) is 2.20. The fourth-order valence-electron chi connectivity index (χ4n) is 1.55. The molecule has 0 aliphatic carbocycles. The topological polar surface area (TPSA) is 29.5 Å². The molecular formula is C11H12BrNO2. The van der Waals surface area contributed by atoms with Gasteiger partial charge in [-0.15, -0.1) is 0 Å². The lowest BCUT2D eigenvalue weighted by Crippen LogP contribution is -2.41. The van der Waals surface area contributed by atoms with Crippen LogP contribution in [-0.4, -0.2) is 18.7 Å². The first-order valence-electron chi connectivity index (χ1n) is 4.90. The fourth-order valence-corrected chi connectivity index (χ4v) is 1.82. The Bertz CT molecular complexity index is 363. The van der Waals surface area contributed by atoms with Crippen molar-refractivity contribution in [2.75, 3.05) is 11.4 Å². The number of rotatable bonds is 1. The predicted molar refractivity (Wildman–Crippen MR) is 62.0 cm³/mol. The summed E-state index contributed by atoms with van der Waals surface area (Å²) in [4.78, 5) is 13.2. The molecule has 1 amide bonds. The van der Waals surface area contributed by atoms with E-state index in [1.807, 2.05) is 31.2 Å². The maximum atomic E-state index is 11.6. The summed E-state index contributed by atoms with van der Waals surface area (Å²) in [6.45, 7) is 2.64. The van der Waals surface area contributed by atoms with Crippen LogP contribution >= 0.6 is 15.9 Å². The summed E-state index contributed by atoms with van der Waals surface area (Å²) in [5, 5.41) is 0. The number of anilines is 1. The van der Waals surface area contributed by atoms with Crippen LogP contribution in [0.4, 0.5) is 10.5 Å². The summed E-state index contributed by atoms with van der Waals surface area (Å²) < 4.78 is 6.16. The molecule has 0 spiro atoms. The third kappa shape index (κ3) is 2.31. The van der Waals surface area contributed by atoms with Crippen molar-refractivity contribution in [3.8, 4) is 0 Å². The first-order valence-corrected chi connectivity index (χ1v) is 5.70. The standard InChI is InChI=1S/C11H12BrNO2/c1-8-6-7-13(11(14)15-8)10-4-2-9(12)3-5-10/h2-5,8H,6-7H2,1H3. The van der Waals surface area contributed by atoms with E-state index in [9.17, 15) is 4.79 Å². The van der Waals surface area contributed by atoms with Gasteiger partial charge in [-0.05, 0) is 31.2 Å². The van der Waals surface area contributed by atoms with Crippen LogP contribution in [0.3, 0.4) is 0 Å². The van der Waals surface area contributed by atoms with E-state index in [4.69, 9.17) is 4.74 Å². The predicted octanol–water partition coefficient (Wildman–Crippen LogP) is 3.18. The van der Waals surface area contributed by atoms with Crippen molar-refractivity contribution in [3.63, 3.8) is 0 Å². The molecule has 0 saturated carbocycles. The smallest absolute Gasteiger partial charge is 0.414 e. The minimum absolute atomic E-state index is 0.0317. The third-order valence-electron chi connectivity index (χ3n) is 2.42. The lowest BCUT2D eigenvalue weighted by Gasteiger charge is -2.30. The van der Waals surface area contributed by atoms with Gasteiger partial charge in [0.2, 0.25) is 0 Å². The summed E-state index contributed by atoms with van der Waals surface area (Å²) >= 11 is 3.36. The number of carbonyl (C=O) groups is 1. The molecular weight excluding hydrogens is 258 g/mol. The second-order valence-electron chi connectivity index (χ2n) is 3.61. The summed E-state index contributed by atoms with van der Waals surface area (Å²) in [5.41, 5.74) is 0.884. The highest BCUT2D eigenvalue weighted by molar-refractivity contribution is 9.10. The van der Waals surface area contributed by atoms with Crippen molar-refractivity contribution in [1.82, 2.24) is 0 Å². The molecule has 1 saturated heterocycles. The molecule has 1 aliphatic rings. The maximum absolute atomic E-state index is 11.6. The number of ether oxygens (including phenoxy) is 1. The van der Waals surface area contributed by atoms with Crippen molar-refractivity contribution >= 4 is 27.7 Å². The average molecular weight is 270 g/mol. The van der Waals surface area contributed by atoms with Gasteiger partial charge in [-0.2, -0.15) is 0 Å². The first-order chi connectivity index (χ1) is 7.16. The van der Waals surface area contributed by atoms with E-state index in [0.29, 0.717) is 0 Å². The molecule has 1 unspecified atom stereocenters. The highest BCUT2D eigenvalue weighted by Crippen LogP contribution is 2.22. The molecule has 80 valence electrons. The van der Waals surface area contributed by atoms with Crippen LogP contribution < -0.4 is 4.90 Å². The number of cyclic esters (lactones) is 1. The van der Waals surface area contributed by atoms with Crippen LogP contribution in [-0.2, 0) is 4.74 Å². The van der Waals surface area contributed by atoms with E-state index in [1.54, 1.807) is 4.90 Å². The van der Waals surface area contributed by atoms with E-state index in [1.165, 1.54) is 0 Å². The van der Waals surface area contributed by atoms with Gasteiger partial charge in [-0.3, -0.25) is 4.90 Å². The second kappa shape index (κ2) is 4.23. The summed E-state index contributed by atoms with van der Waals surface area (Å²) in [6, 6.07) is 7.64. The SMILES string of the molecule is CC1CCN(c2ccc(Br)cc2)C(=O)O1. The summed E-state index contributed by atoms with van der Waals surface area (Å²) in [5.74, 6) is 0. The number of benzene rings is 1. The Hall–Kier alpha value is -1.03. The lowest BCUT2D eigenvalue weighted by atomic mass is 10.2. The Morgan fingerprint density at radius 2 is 2.07 bits per heavy atom. The number of hydrogen-bond donors (Lipinski definition) is 0. The zero-order chi connectivity index (χ0) is 10.8. The van der Waals surface area contributed by atoms with E-state index < -0.39 is 0 Å². The van der Waals surface area contributed by atoms with Crippen LogP contribution in [0.1, 0.15) is 13.3 Å². The zero-order valence-corrected chi connectivity index (χ0v) is 10.0. The largest absolute Gasteiger partial charge is 0.446 e. The molecule has 2 rings (SSSR count). The molecule has 0 N–H and O–H groups in total. The summed E-state index contributed by atoms with van der Waals surface area (Å²) in [6.07, 6.45) is 0.655. The van der Waals surface area contributed by atoms with Crippen molar-refractivity contribution in [3.05, 3.63) is 28.7 Å². The molecule has 3 nitrogen and oxygen atoms in total. The van der Waals surface area contributed by atoms with Crippen LogP contribution in [0, 0.1) is 0 Å². The van der Waals surface area contributed by atoms with Crippen LogP contribution in [0.5, 0.6) is 0 Å². The maximum Gasteiger partial charge on any atom is 0.414 e. The Balaban J connectivity index is 2.17. The molecule has 0 radical (unpaired) electrons. The van der Waals surface area contributed by atoms with Gasteiger partial charge >= 0.3 is 6.09 Å². The number of nitrogens with zero attached hydrogens (tertiary/aromatic N) is 1. The molecule has 1 aromatic rings. The quantitative estimate of drug-likeness (QED) is 0.784. The van der Waals surface area contributed by atoms with Crippen LogP contribution in [0.2, 0.25) is 0 Å². The molecule has 4 heteroatoms. The van der Waals surface area contributed by atoms with Gasteiger partial charge in [0, 0.05) is 23.1 Å². The van der Waals surface area contributed by atoms with Crippen LogP contribution in [0.15, 0.2) is 28.7 Å². The van der Waals surface area contributed by atoms with Gasteiger partial charge < -0.3 is 4.74 Å². The second-order valence-corrected chi connectivity index (χ2v) is 4.53. The van der Waals surface area contributed by atoms with E-state index in [2.05, 4.69) is 15.9 Å². The molecule has 1 fully saturated rings. The molecule has 15 heavy (non-hydrogen) atoms. The highest BCUT2D eigenvalue weighted by Gasteiger charge is 2.25. The minimum Gasteiger partial charge on any atom is -0.446 e. The molecule has 0 bridgehead atoms. The molecule has 1 heterocycles. The fraction of sp³-hybridized carbons (Fsp3) is 0.364. The van der Waals surface area contributed by atoms with Crippen LogP contribution in [0.25, 0.3) is 0 Å². The Morgan fingerprint density at radius 1 is 1.40 bits per heavy atom. The summed E-state index contributed by atoms with van der Waals surface area (Å²) in [7, 11) is 0. The van der Waals surface area contributed by atoms with E-state index in [-0.39, 0.29) is 12.2 Å². The van der Waals surface area contributed by atoms with Gasteiger partial charge in [0.1, 0.15) is 6.10 Å². The van der Waals surface area contributed by atoms with Gasteiger partial charge in [0.25, 0.3) is 0 Å². The molecule has 1 aromatic carbocycles. The van der Waals surface area contributed by atoms with Gasteiger partial charge in [0.05, 0.1) is 0 Å². The van der Waals surface area contributed by atoms with Gasteiger partial charge in [0.15, 0.2) is 0 Å². The Labute approximate surface area is 97.2 Å². The van der Waals surface area contributed by atoms with E-state index >= 15 is 0 Å². The monoisotopic (exact) mass is 269 g/mol. The van der Waals surface area contributed by atoms with Crippen molar-refractivity contribution < 1.29 is 9.53 Å². The lowest BCUT2D eigenvalue weighted by molar-refractivity contribution is 0.0944. The highest BCUT2D eigenvalue weighted by atomic mass is 79.9. The number of amides is 1. The Kier molecular flexibility index (Phi) is 2.95. The van der Waals surface area contributed by atoms with Crippen molar-refractivity contribution in [2.24, 2.45) is 0 Å². The molecule has 1 atom stereocenters. The first kappa shape index (κ1) is 10.5. The number of carbonyl (C=O) groups excluding carboxylic acids is 1. The van der Waals surface area contributed by atoms with Gasteiger partial charge in [-0.1, -0.05) is 15.9 Å². The molecule has 1 aliphatic heterocycles.